The van der Waals surface area contributed by atoms with Crippen LogP contribution in [0.1, 0.15) is 35.2 Å². The summed E-state index contributed by atoms with van der Waals surface area (Å²) >= 11 is 0. The molecule has 1 saturated heterocycles. The highest BCUT2D eigenvalue weighted by Gasteiger charge is 2.31. The number of para-hydroxylation sites is 1. The molecule has 0 saturated carbocycles. The second-order valence-corrected chi connectivity index (χ2v) is 7.51. The summed E-state index contributed by atoms with van der Waals surface area (Å²) in [6.45, 7) is 0.531. The van der Waals surface area contributed by atoms with E-state index in [1.807, 2.05) is 36.4 Å². The Morgan fingerprint density at radius 3 is 2.61 bits per heavy atom. The second-order valence-electron chi connectivity index (χ2n) is 7.51. The lowest BCUT2D eigenvalue weighted by molar-refractivity contribution is -0.143. The van der Waals surface area contributed by atoms with Crippen LogP contribution in [-0.4, -0.2) is 56.9 Å². The van der Waals surface area contributed by atoms with Gasteiger partial charge in [0.2, 0.25) is 5.91 Å². The lowest BCUT2D eigenvalue weighted by Gasteiger charge is -2.33. The van der Waals surface area contributed by atoms with Crippen molar-refractivity contribution < 1.29 is 19.1 Å². The number of nitrogens with zero attached hydrogens (tertiary/aromatic N) is 4. The number of ether oxygens (including phenoxy) is 1. The maximum absolute atomic E-state index is 12.4. The summed E-state index contributed by atoms with van der Waals surface area (Å²) in [6, 6.07) is 14.0. The van der Waals surface area contributed by atoms with Gasteiger partial charge in [-0.2, -0.15) is 0 Å². The lowest BCUT2D eigenvalue weighted by Crippen LogP contribution is -2.51. The molecule has 1 aliphatic heterocycles. The van der Waals surface area contributed by atoms with Crippen LogP contribution in [-0.2, 0) is 20.9 Å². The number of benzene rings is 2. The molecule has 0 aliphatic carbocycles. The molecule has 1 fully saturated rings. The van der Waals surface area contributed by atoms with Gasteiger partial charge >= 0.3 is 5.97 Å². The van der Waals surface area contributed by atoms with Crippen molar-refractivity contribution in [3.8, 4) is 0 Å². The van der Waals surface area contributed by atoms with Gasteiger partial charge in [0.05, 0.1) is 17.6 Å². The Bertz CT molecular complexity index is 1110. The van der Waals surface area contributed by atoms with Gasteiger partial charge in [-0.15, -0.1) is 5.10 Å². The van der Waals surface area contributed by atoms with E-state index in [1.165, 1.54) is 4.90 Å². The third-order valence-electron chi connectivity index (χ3n) is 5.42. The smallest absolute Gasteiger partial charge is 0.338 e. The van der Waals surface area contributed by atoms with Crippen molar-refractivity contribution in [2.75, 3.05) is 13.2 Å². The molecular formula is C22H23N5O4. The van der Waals surface area contributed by atoms with E-state index in [4.69, 9.17) is 10.5 Å². The van der Waals surface area contributed by atoms with Crippen molar-refractivity contribution in [2.45, 2.75) is 31.8 Å². The molecule has 2 heterocycles. The molecule has 9 nitrogen and oxygen atoms in total. The van der Waals surface area contributed by atoms with E-state index < -0.39 is 30.4 Å². The lowest BCUT2D eigenvalue weighted by atomic mass is 10.0. The number of hydrogen-bond acceptors (Lipinski definition) is 6. The first kappa shape index (κ1) is 20.5. The number of amides is 2. The first-order valence-electron chi connectivity index (χ1n) is 10.2. The number of nitrogens with two attached hydrogens (primary N) is 1. The molecule has 2 amide bonds. The van der Waals surface area contributed by atoms with Crippen LogP contribution in [0.4, 0.5) is 0 Å². The molecule has 1 atom stereocenters. The maximum Gasteiger partial charge on any atom is 0.338 e. The van der Waals surface area contributed by atoms with Crippen molar-refractivity contribution in [1.29, 1.82) is 0 Å². The number of carbonyl (C=O) groups is 3. The maximum atomic E-state index is 12.4. The molecule has 2 N–H and O–H groups in total. The number of esters is 1. The summed E-state index contributed by atoms with van der Waals surface area (Å²) in [4.78, 5) is 37.7. The molecule has 0 radical (unpaired) electrons. The molecule has 1 aliphatic rings. The van der Waals surface area contributed by atoms with Crippen LogP contribution in [0.2, 0.25) is 0 Å². The highest BCUT2D eigenvalue weighted by Crippen LogP contribution is 2.17. The predicted octanol–water partition coefficient (Wildman–Crippen LogP) is 1.50. The Kier molecular flexibility index (Phi) is 5.92. The van der Waals surface area contributed by atoms with Crippen molar-refractivity contribution in [1.82, 2.24) is 19.9 Å². The van der Waals surface area contributed by atoms with E-state index in [0.29, 0.717) is 25.1 Å². The van der Waals surface area contributed by atoms with Gasteiger partial charge in [0.15, 0.2) is 6.61 Å². The van der Waals surface area contributed by atoms with E-state index >= 15 is 0 Å². The molecule has 9 heteroatoms. The van der Waals surface area contributed by atoms with E-state index in [2.05, 4.69) is 10.3 Å². The number of aromatic nitrogens is 3. The Labute approximate surface area is 178 Å². The van der Waals surface area contributed by atoms with Gasteiger partial charge in [0, 0.05) is 6.54 Å². The second kappa shape index (κ2) is 8.95. The van der Waals surface area contributed by atoms with E-state index in [9.17, 15) is 14.4 Å². The van der Waals surface area contributed by atoms with Gasteiger partial charge < -0.3 is 15.4 Å². The minimum Gasteiger partial charge on any atom is -0.452 e. The first-order valence-corrected chi connectivity index (χ1v) is 10.2. The van der Waals surface area contributed by atoms with Crippen molar-refractivity contribution >= 4 is 28.8 Å². The molecule has 0 bridgehead atoms. The number of hydrogen-bond donors (Lipinski definition) is 1. The normalized spacial score (nSPS) is 16.3. The Morgan fingerprint density at radius 1 is 1.06 bits per heavy atom. The summed E-state index contributed by atoms with van der Waals surface area (Å²) in [7, 11) is 0. The summed E-state index contributed by atoms with van der Waals surface area (Å²) in [6.07, 6.45) is 2.18. The number of piperidine rings is 1. The molecule has 2 aromatic carbocycles. The van der Waals surface area contributed by atoms with Crippen LogP contribution >= 0.6 is 0 Å². The highest BCUT2D eigenvalue weighted by molar-refractivity contribution is 5.92. The zero-order valence-corrected chi connectivity index (χ0v) is 16.9. The predicted molar refractivity (Wildman–Crippen MR) is 112 cm³/mol. The molecule has 0 spiro atoms. The number of carbonyl (C=O) groups excluding carboxylic acids is 3. The SMILES string of the molecule is NC(=O)[C@H]1CCCCN1C(=O)COC(=O)c1ccc(Cn2nnc3ccccc32)cc1. The summed E-state index contributed by atoms with van der Waals surface area (Å²) < 4.78 is 6.95. The zero-order chi connectivity index (χ0) is 21.8. The molecule has 160 valence electrons. The molecule has 0 unspecified atom stereocenters. The number of rotatable bonds is 6. The van der Waals surface area contributed by atoms with Crippen molar-refractivity contribution in [3.63, 3.8) is 0 Å². The Balaban J connectivity index is 1.35. The third kappa shape index (κ3) is 4.55. The standard InChI is InChI=1S/C22H23N5O4/c23-21(29)19-7-3-4-12-26(19)20(28)14-31-22(30)16-10-8-15(9-11-16)13-27-18-6-2-1-5-17(18)24-25-27/h1-2,5-6,8-11,19H,3-4,7,12-14H2,(H2,23,29)/t19-/m1/s1. The van der Waals surface area contributed by atoms with Crippen LogP contribution in [0.5, 0.6) is 0 Å². The summed E-state index contributed by atoms with van der Waals surface area (Å²) in [5.41, 5.74) is 8.41. The van der Waals surface area contributed by atoms with Crippen molar-refractivity contribution in [2.24, 2.45) is 5.73 Å². The molecule has 1 aromatic heterocycles. The fourth-order valence-corrected chi connectivity index (χ4v) is 3.77. The molecule has 31 heavy (non-hydrogen) atoms. The van der Waals surface area contributed by atoms with Crippen molar-refractivity contribution in [3.05, 3.63) is 59.7 Å². The highest BCUT2D eigenvalue weighted by atomic mass is 16.5. The molecule has 4 rings (SSSR count). The quantitative estimate of drug-likeness (QED) is 0.602. The van der Waals surface area contributed by atoms with Gasteiger partial charge in [0.1, 0.15) is 11.6 Å². The Hall–Kier alpha value is -3.75. The summed E-state index contributed by atoms with van der Waals surface area (Å²) in [5, 5.41) is 8.29. The van der Waals surface area contributed by atoms with Crippen LogP contribution in [0, 0.1) is 0 Å². The molecule has 3 aromatic rings. The third-order valence-corrected chi connectivity index (χ3v) is 5.42. The molecular weight excluding hydrogens is 398 g/mol. The van der Waals surface area contributed by atoms with Crippen LogP contribution < -0.4 is 5.73 Å². The van der Waals surface area contributed by atoms with Gasteiger partial charge in [-0.1, -0.05) is 29.5 Å². The fourth-order valence-electron chi connectivity index (χ4n) is 3.77. The monoisotopic (exact) mass is 421 g/mol. The topological polar surface area (TPSA) is 120 Å². The average Bonchev–Trinajstić information content (AvgIpc) is 3.20. The minimum atomic E-state index is -0.632. The zero-order valence-electron chi connectivity index (χ0n) is 16.9. The van der Waals surface area contributed by atoms with Crippen LogP contribution in [0.25, 0.3) is 11.0 Å². The first-order chi connectivity index (χ1) is 15.0. The van der Waals surface area contributed by atoms with E-state index in [1.54, 1.807) is 16.8 Å². The average molecular weight is 421 g/mol. The van der Waals surface area contributed by atoms with Gasteiger partial charge in [-0.3, -0.25) is 9.59 Å². The minimum absolute atomic E-state index is 0.338. The Morgan fingerprint density at radius 2 is 1.84 bits per heavy atom. The van der Waals surface area contributed by atoms with Crippen LogP contribution in [0.3, 0.4) is 0 Å². The number of likely N-dealkylation sites (tertiary alicyclic amines) is 1. The number of fused-ring (bicyclic) bond motifs is 1. The van der Waals surface area contributed by atoms with E-state index in [-0.39, 0.29) is 0 Å². The largest absolute Gasteiger partial charge is 0.452 e. The van der Waals surface area contributed by atoms with E-state index in [0.717, 1.165) is 29.4 Å². The number of primary amides is 1. The van der Waals surface area contributed by atoms with Gasteiger partial charge in [0.25, 0.3) is 5.91 Å². The van der Waals surface area contributed by atoms with Crippen LogP contribution in [0.15, 0.2) is 48.5 Å². The van der Waals surface area contributed by atoms with Gasteiger partial charge in [-0.25, -0.2) is 9.48 Å². The summed E-state index contributed by atoms with van der Waals surface area (Å²) in [5.74, 6) is -1.54. The van der Waals surface area contributed by atoms with Gasteiger partial charge in [-0.05, 0) is 49.1 Å². The fraction of sp³-hybridized carbons (Fsp3) is 0.318.